The molecule has 0 saturated carbocycles. The van der Waals surface area contributed by atoms with Gasteiger partial charge in [0.25, 0.3) is 0 Å². The summed E-state index contributed by atoms with van der Waals surface area (Å²) in [6.45, 7) is 6.14. The maximum atomic E-state index is 2.25. The van der Waals surface area contributed by atoms with Crippen molar-refractivity contribution in [2.45, 2.75) is 33.6 Å². The molecule has 0 amide bonds. The molecule has 1 aliphatic carbocycles. The number of aryl methyl sites for hydroxylation is 1. The highest BCUT2D eigenvalue weighted by atomic mass is 14.1. The first-order valence-electron chi connectivity index (χ1n) is 5.79. The van der Waals surface area contributed by atoms with Gasteiger partial charge in [-0.2, -0.15) is 0 Å². The van der Waals surface area contributed by atoms with Gasteiger partial charge in [-0.15, -0.1) is 0 Å². The van der Waals surface area contributed by atoms with Crippen LogP contribution in [0.3, 0.4) is 0 Å². The summed E-state index contributed by atoms with van der Waals surface area (Å²) in [5, 5.41) is 0. The highest BCUT2D eigenvalue weighted by Crippen LogP contribution is 2.23. The second-order valence-electron chi connectivity index (χ2n) is 3.53. The van der Waals surface area contributed by atoms with Crippen molar-refractivity contribution in [1.82, 2.24) is 0 Å². The smallest absolute Gasteiger partial charge is 0.0222 e. The van der Waals surface area contributed by atoms with Crippen LogP contribution in [0.5, 0.6) is 0 Å². The van der Waals surface area contributed by atoms with E-state index in [9.17, 15) is 0 Å². The van der Waals surface area contributed by atoms with Gasteiger partial charge in [0.1, 0.15) is 0 Å². The lowest BCUT2D eigenvalue weighted by molar-refractivity contribution is 1.05. The van der Waals surface area contributed by atoms with Crippen molar-refractivity contribution >= 4 is 5.57 Å². The van der Waals surface area contributed by atoms with Crippen LogP contribution in [0.15, 0.2) is 42.5 Å². The standard InChI is InChI=1S/C13H14.C2H6/c1-11-6-5-9-13(10-11)12-7-3-2-4-8-12;1-2/h2-3,5-7,9-10H,4,8H2,1H3;1-2H3. The zero-order chi connectivity index (χ0) is 11.1. The zero-order valence-corrected chi connectivity index (χ0v) is 9.96. The zero-order valence-electron chi connectivity index (χ0n) is 9.96. The third-order valence-corrected chi connectivity index (χ3v) is 2.40. The Hall–Kier alpha value is -1.30. The summed E-state index contributed by atoms with van der Waals surface area (Å²) in [5.41, 5.74) is 4.18. The maximum absolute atomic E-state index is 2.25. The predicted octanol–water partition coefficient (Wildman–Crippen LogP) is 4.75. The summed E-state index contributed by atoms with van der Waals surface area (Å²) in [5.74, 6) is 0. The fraction of sp³-hybridized carbons (Fsp3) is 0.333. The molecule has 0 fully saturated rings. The summed E-state index contributed by atoms with van der Waals surface area (Å²) in [7, 11) is 0. The monoisotopic (exact) mass is 200 g/mol. The third kappa shape index (κ3) is 3.39. The predicted molar refractivity (Wildman–Crippen MR) is 68.9 cm³/mol. The van der Waals surface area contributed by atoms with E-state index >= 15 is 0 Å². The number of allylic oxidation sites excluding steroid dienone is 4. The van der Waals surface area contributed by atoms with E-state index in [2.05, 4.69) is 49.4 Å². The van der Waals surface area contributed by atoms with Crippen LogP contribution in [-0.4, -0.2) is 0 Å². The van der Waals surface area contributed by atoms with Gasteiger partial charge in [0.05, 0.1) is 0 Å². The lowest BCUT2D eigenvalue weighted by Crippen LogP contribution is -1.88. The topological polar surface area (TPSA) is 0 Å². The molecule has 0 N–H and O–H groups in total. The molecule has 80 valence electrons. The molecule has 0 spiro atoms. The van der Waals surface area contributed by atoms with E-state index in [-0.39, 0.29) is 0 Å². The minimum absolute atomic E-state index is 1.18. The first-order valence-corrected chi connectivity index (χ1v) is 5.79. The first kappa shape index (κ1) is 11.8. The van der Waals surface area contributed by atoms with Crippen LogP contribution >= 0.6 is 0 Å². The van der Waals surface area contributed by atoms with Gasteiger partial charge in [0, 0.05) is 0 Å². The minimum atomic E-state index is 1.18. The number of hydrogen-bond acceptors (Lipinski definition) is 0. The van der Waals surface area contributed by atoms with Crippen molar-refractivity contribution in [3.8, 4) is 0 Å². The average molecular weight is 200 g/mol. The van der Waals surface area contributed by atoms with Crippen molar-refractivity contribution in [2.75, 3.05) is 0 Å². The van der Waals surface area contributed by atoms with Gasteiger partial charge in [-0.05, 0) is 30.9 Å². The van der Waals surface area contributed by atoms with Gasteiger partial charge < -0.3 is 0 Å². The molecule has 0 unspecified atom stereocenters. The lowest BCUT2D eigenvalue weighted by Gasteiger charge is -2.09. The Bertz CT molecular complexity index is 356. The molecule has 15 heavy (non-hydrogen) atoms. The van der Waals surface area contributed by atoms with Crippen LogP contribution in [0.25, 0.3) is 5.57 Å². The SMILES string of the molecule is CC.Cc1cccc(C2=CC=CCC2)c1. The molecule has 0 saturated heterocycles. The molecule has 1 aliphatic rings. The van der Waals surface area contributed by atoms with Crippen LogP contribution in [0.1, 0.15) is 37.8 Å². The van der Waals surface area contributed by atoms with Gasteiger partial charge >= 0.3 is 0 Å². The fourth-order valence-electron chi connectivity index (χ4n) is 1.69. The summed E-state index contributed by atoms with van der Waals surface area (Å²) in [6.07, 6.45) is 8.96. The van der Waals surface area contributed by atoms with Gasteiger partial charge in [-0.1, -0.05) is 61.9 Å². The van der Waals surface area contributed by atoms with Gasteiger partial charge in [0.15, 0.2) is 0 Å². The lowest BCUT2D eigenvalue weighted by atomic mass is 9.96. The molecule has 0 atom stereocenters. The first-order chi connectivity index (χ1) is 7.36. The molecule has 2 rings (SSSR count). The molecule has 0 bridgehead atoms. The molecule has 0 radical (unpaired) electrons. The fourth-order valence-corrected chi connectivity index (χ4v) is 1.69. The van der Waals surface area contributed by atoms with E-state index in [4.69, 9.17) is 0 Å². The van der Waals surface area contributed by atoms with E-state index in [1.165, 1.54) is 29.5 Å². The average Bonchev–Trinajstić information content (AvgIpc) is 2.33. The van der Waals surface area contributed by atoms with Gasteiger partial charge in [-0.25, -0.2) is 0 Å². The van der Waals surface area contributed by atoms with Crippen LogP contribution in [0.2, 0.25) is 0 Å². The van der Waals surface area contributed by atoms with Gasteiger partial charge in [-0.3, -0.25) is 0 Å². The van der Waals surface area contributed by atoms with Crippen LogP contribution < -0.4 is 0 Å². The Balaban J connectivity index is 0.000000531. The number of benzene rings is 1. The molecule has 0 heterocycles. The van der Waals surface area contributed by atoms with E-state index in [1.807, 2.05) is 13.8 Å². The molecule has 0 heteroatoms. The Morgan fingerprint density at radius 2 is 1.93 bits per heavy atom. The third-order valence-electron chi connectivity index (χ3n) is 2.40. The van der Waals surface area contributed by atoms with Crippen LogP contribution in [0, 0.1) is 6.92 Å². The van der Waals surface area contributed by atoms with E-state index in [1.54, 1.807) is 0 Å². The molecule has 0 nitrogen and oxygen atoms in total. The van der Waals surface area contributed by atoms with Crippen molar-refractivity contribution < 1.29 is 0 Å². The Kier molecular flexibility index (Phi) is 4.89. The maximum Gasteiger partial charge on any atom is -0.0222 e. The van der Waals surface area contributed by atoms with Crippen LogP contribution in [0.4, 0.5) is 0 Å². The second kappa shape index (κ2) is 6.23. The van der Waals surface area contributed by atoms with Crippen molar-refractivity contribution in [3.05, 3.63) is 53.6 Å². The number of rotatable bonds is 1. The summed E-state index contributed by atoms with van der Waals surface area (Å²) in [4.78, 5) is 0. The Morgan fingerprint density at radius 3 is 2.53 bits per heavy atom. The molecular weight excluding hydrogens is 180 g/mol. The van der Waals surface area contributed by atoms with Gasteiger partial charge in [0.2, 0.25) is 0 Å². The second-order valence-corrected chi connectivity index (χ2v) is 3.53. The summed E-state index contributed by atoms with van der Waals surface area (Å²) in [6, 6.07) is 8.72. The molecule has 1 aromatic carbocycles. The normalized spacial score (nSPS) is 13.9. The van der Waals surface area contributed by atoms with E-state index < -0.39 is 0 Å². The quantitative estimate of drug-likeness (QED) is 0.613. The summed E-state index contributed by atoms with van der Waals surface area (Å²) < 4.78 is 0. The molecule has 0 aromatic heterocycles. The Morgan fingerprint density at radius 1 is 1.13 bits per heavy atom. The molecular formula is C15H20. The van der Waals surface area contributed by atoms with E-state index in [0.29, 0.717) is 0 Å². The largest absolute Gasteiger partial charge is 0.0842 e. The Labute approximate surface area is 93.3 Å². The number of hydrogen-bond donors (Lipinski definition) is 0. The highest BCUT2D eigenvalue weighted by Gasteiger charge is 2.02. The van der Waals surface area contributed by atoms with Crippen molar-refractivity contribution in [1.29, 1.82) is 0 Å². The minimum Gasteiger partial charge on any atom is -0.0842 e. The van der Waals surface area contributed by atoms with E-state index in [0.717, 1.165) is 0 Å². The molecule has 1 aromatic rings. The summed E-state index contributed by atoms with van der Waals surface area (Å²) >= 11 is 0. The molecule has 0 aliphatic heterocycles. The van der Waals surface area contributed by atoms with Crippen molar-refractivity contribution in [2.24, 2.45) is 0 Å². The van der Waals surface area contributed by atoms with Crippen molar-refractivity contribution in [3.63, 3.8) is 0 Å². The van der Waals surface area contributed by atoms with Crippen LogP contribution in [-0.2, 0) is 0 Å². The highest BCUT2D eigenvalue weighted by molar-refractivity contribution is 5.68.